The summed E-state index contributed by atoms with van der Waals surface area (Å²) in [4.78, 5) is 2.92. The standard InChI is InChI=1S/C8H8FN3O/c9-4-3-7-11-12-8(13-7)6-2-1-5-10-6/h1-2,5,10H,3-4H2. The predicted octanol–water partition coefficient (Wildman–Crippen LogP) is 1.58. The van der Waals surface area contributed by atoms with Gasteiger partial charge in [-0.15, -0.1) is 10.2 Å². The quantitative estimate of drug-likeness (QED) is 0.782. The average Bonchev–Trinajstić information content (AvgIpc) is 2.70. The first-order valence-electron chi connectivity index (χ1n) is 3.92. The molecule has 0 bridgehead atoms. The topological polar surface area (TPSA) is 54.7 Å². The zero-order chi connectivity index (χ0) is 9.10. The Kier molecular flexibility index (Phi) is 2.08. The number of nitrogens with zero attached hydrogens (tertiary/aromatic N) is 2. The lowest BCUT2D eigenvalue weighted by atomic mass is 10.4. The molecule has 5 heteroatoms. The number of alkyl halides is 1. The molecule has 1 N–H and O–H groups in total. The number of aromatic amines is 1. The predicted molar refractivity (Wildman–Crippen MR) is 43.8 cm³/mol. The van der Waals surface area contributed by atoms with Crippen LogP contribution in [-0.4, -0.2) is 21.9 Å². The van der Waals surface area contributed by atoms with E-state index in [2.05, 4.69) is 15.2 Å². The van der Waals surface area contributed by atoms with Crippen LogP contribution in [0.4, 0.5) is 4.39 Å². The summed E-state index contributed by atoms with van der Waals surface area (Å²) >= 11 is 0. The highest BCUT2D eigenvalue weighted by Gasteiger charge is 2.07. The van der Waals surface area contributed by atoms with Crippen LogP contribution >= 0.6 is 0 Å². The Balaban J connectivity index is 2.23. The molecule has 0 aliphatic carbocycles. The fourth-order valence-electron chi connectivity index (χ4n) is 1.01. The van der Waals surface area contributed by atoms with E-state index in [0.717, 1.165) is 5.69 Å². The molecule has 0 aliphatic rings. The summed E-state index contributed by atoms with van der Waals surface area (Å²) < 4.78 is 17.1. The van der Waals surface area contributed by atoms with Crippen LogP contribution in [0, 0.1) is 0 Å². The summed E-state index contributed by atoms with van der Waals surface area (Å²) in [6.45, 7) is -0.480. The van der Waals surface area contributed by atoms with Crippen molar-refractivity contribution in [2.75, 3.05) is 6.67 Å². The molecule has 0 aromatic carbocycles. The highest BCUT2D eigenvalue weighted by Crippen LogP contribution is 2.14. The Bertz CT molecular complexity index is 368. The molecule has 0 unspecified atom stereocenters. The zero-order valence-electron chi connectivity index (χ0n) is 6.83. The van der Waals surface area contributed by atoms with E-state index >= 15 is 0 Å². The first kappa shape index (κ1) is 7.97. The molecule has 4 nitrogen and oxygen atoms in total. The minimum absolute atomic E-state index is 0.174. The molecule has 13 heavy (non-hydrogen) atoms. The first-order chi connectivity index (χ1) is 6.40. The van der Waals surface area contributed by atoms with E-state index < -0.39 is 6.67 Å². The maximum absolute atomic E-state index is 11.9. The molecule has 0 fully saturated rings. The Morgan fingerprint density at radius 1 is 1.46 bits per heavy atom. The van der Waals surface area contributed by atoms with Gasteiger partial charge >= 0.3 is 0 Å². The average molecular weight is 181 g/mol. The normalized spacial score (nSPS) is 10.5. The fourth-order valence-corrected chi connectivity index (χ4v) is 1.01. The van der Waals surface area contributed by atoms with Gasteiger partial charge in [0.05, 0.1) is 13.1 Å². The van der Waals surface area contributed by atoms with Crippen LogP contribution in [-0.2, 0) is 6.42 Å². The SMILES string of the molecule is FCCc1nnc(-c2ccc[nH]2)o1. The van der Waals surface area contributed by atoms with Gasteiger partial charge in [0.15, 0.2) is 0 Å². The lowest BCUT2D eigenvalue weighted by molar-refractivity contribution is 0.434. The molecule has 2 heterocycles. The van der Waals surface area contributed by atoms with E-state index in [-0.39, 0.29) is 6.42 Å². The van der Waals surface area contributed by atoms with Crippen molar-refractivity contribution in [1.82, 2.24) is 15.2 Å². The summed E-state index contributed by atoms with van der Waals surface area (Å²) in [6.07, 6.45) is 1.93. The van der Waals surface area contributed by atoms with Crippen molar-refractivity contribution >= 4 is 0 Å². The van der Waals surface area contributed by atoms with E-state index in [1.807, 2.05) is 12.1 Å². The molecular weight excluding hydrogens is 173 g/mol. The molecule has 0 radical (unpaired) electrons. The zero-order valence-corrected chi connectivity index (χ0v) is 6.83. The highest BCUT2D eigenvalue weighted by molar-refractivity contribution is 5.45. The van der Waals surface area contributed by atoms with Crippen LogP contribution in [0.1, 0.15) is 5.89 Å². The van der Waals surface area contributed by atoms with E-state index in [9.17, 15) is 4.39 Å². The number of aryl methyl sites for hydroxylation is 1. The van der Waals surface area contributed by atoms with Crippen LogP contribution in [0.5, 0.6) is 0 Å². The maximum atomic E-state index is 11.9. The number of nitrogens with one attached hydrogen (secondary N) is 1. The molecule has 0 atom stereocenters. The van der Waals surface area contributed by atoms with E-state index in [1.165, 1.54) is 0 Å². The largest absolute Gasteiger partial charge is 0.419 e. The van der Waals surface area contributed by atoms with Gasteiger partial charge in [-0.05, 0) is 12.1 Å². The number of rotatable bonds is 3. The van der Waals surface area contributed by atoms with Gasteiger partial charge in [-0.3, -0.25) is 4.39 Å². The molecule has 0 aliphatic heterocycles. The van der Waals surface area contributed by atoms with E-state index in [1.54, 1.807) is 6.20 Å². The fraction of sp³-hybridized carbons (Fsp3) is 0.250. The smallest absolute Gasteiger partial charge is 0.264 e. The summed E-state index contributed by atoms with van der Waals surface area (Å²) in [5.74, 6) is 0.723. The van der Waals surface area contributed by atoms with Gasteiger partial charge in [0, 0.05) is 6.20 Å². The number of aromatic nitrogens is 3. The first-order valence-corrected chi connectivity index (χ1v) is 3.92. The van der Waals surface area contributed by atoms with Gasteiger partial charge in [-0.2, -0.15) is 0 Å². The Hall–Kier alpha value is -1.65. The van der Waals surface area contributed by atoms with Crippen molar-refractivity contribution < 1.29 is 8.81 Å². The number of hydrogen-bond donors (Lipinski definition) is 1. The minimum Gasteiger partial charge on any atom is -0.419 e. The molecule has 0 spiro atoms. The van der Waals surface area contributed by atoms with Gasteiger partial charge in [-0.1, -0.05) is 0 Å². The second-order valence-corrected chi connectivity index (χ2v) is 2.52. The maximum Gasteiger partial charge on any atom is 0.264 e. The van der Waals surface area contributed by atoms with E-state index in [0.29, 0.717) is 11.8 Å². The van der Waals surface area contributed by atoms with Crippen molar-refractivity contribution in [2.24, 2.45) is 0 Å². The molecule has 2 aromatic heterocycles. The number of H-pyrrole nitrogens is 1. The van der Waals surface area contributed by atoms with Gasteiger partial charge in [0.25, 0.3) is 5.89 Å². The Morgan fingerprint density at radius 3 is 3.08 bits per heavy atom. The third kappa shape index (κ3) is 1.58. The van der Waals surface area contributed by atoms with Gasteiger partial charge in [0.1, 0.15) is 5.69 Å². The summed E-state index contributed by atoms with van der Waals surface area (Å²) in [5.41, 5.74) is 0.748. The van der Waals surface area contributed by atoms with Crippen molar-refractivity contribution in [3.05, 3.63) is 24.2 Å². The molecule has 2 rings (SSSR count). The Morgan fingerprint density at radius 2 is 2.38 bits per heavy atom. The molecule has 0 saturated carbocycles. The second kappa shape index (κ2) is 3.38. The summed E-state index contributed by atoms with van der Waals surface area (Å²) in [7, 11) is 0. The molecule has 68 valence electrons. The second-order valence-electron chi connectivity index (χ2n) is 2.52. The molecule has 2 aromatic rings. The van der Waals surface area contributed by atoms with Crippen LogP contribution in [0.25, 0.3) is 11.6 Å². The number of hydrogen-bond acceptors (Lipinski definition) is 3. The van der Waals surface area contributed by atoms with Crippen molar-refractivity contribution in [3.8, 4) is 11.6 Å². The monoisotopic (exact) mass is 181 g/mol. The molecule has 0 saturated heterocycles. The molecular formula is C8H8FN3O. The summed E-state index contributed by atoms with van der Waals surface area (Å²) in [6, 6.07) is 3.64. The van der Waals surface area contributed by atoms with Crippen molar-refractivity contribution in [2.45, 2.75) is 6.42 Å². The van der Waals surface area contributed by atoms with Crippen LogP contribution in [0.15, 0.2) is 22.7 Å². The van der Waals surface area contributed by atoms with Crippen molar-refractivity contribution in [1.29, 1.82) is 0 Å². The van der Waals surface area contributed by atoms with E-state index in [4.69, 9.17) is 4.42 Å². The minimum atomic E-state index is -0.480. The highest BCUT2D eigenvalue weighted by atomic mass is 19.1. The van der Waals surface area contributed by atoms with Crippen molar-refractivity contribution in [3.63, 3.8) is 0 Å². The van der Waals surface area contributed by atoms with Gasteiger partial charge < -0.3 is 9.40 Å². The van der Waals surface area contributed by atoms with Gasteiger partial charge in [0.2, 0.25) is 5.89 Å². The lowest BCUT2D eigenvalue weighted by Crippen LogP contribution is -1.85. The Labute approximate surface area is 73.8 Å². The van der Waals surface area contributed by atoms with Crippen LogP contribution < -0.4 is 0 Å². The van der Waals surface area contributed by atoms with Crippen LogP contribution in [0.2, 0.25) is 0 Å². The third-order valence-electron chi connectivity index (χ3n) is 1.60. The number of halogens is 1. The van der Waals surface area contributed by atoms with Gasteiger partial charge in [-0.25, -0.2) is 0 Å². The molecule has 0 amide bonds. The van der Waals surface area contributed by atoms with Crippen LogP contribution in [0.3, 0.4) is 0 Å². The summed E-state index contributed by atoms with van der Waals surface area (Å²) in [5, 5.41) is 7.45. The third-order valence-corrected chi connectivity index (χ3v) is 1.60. The lowest BCUT2D eigenvalue weighted by Gasteiger charge is -1.86.